The van der Waals surface area contributed by atoms with Crippen LogP contribution in [0.3, 0.4) is 0 Å². The van der Waals surface area contributed by atoms with E-state index in [0.29, 0.717) is 4.47 Å². The summed E-state index contributed by atoms with van der Waals surface area (Å²) in [6.07, 6.45) is 0. The first-order chi connectivity index (χ1) is 5.95. The number of anilines is 1. The molecule has 0 unspecified atom stereocenters. The molecule has 1 aromatic rings. The molecule has 0 spiro atoms. The van der Waals surface area contributed by atoms with E-state index in [-0.39, 0.29) is 11.3 Å². The molecule has 0 aromatic heterocycles. The monoisotopic (exact) mass is 247 g/mol. The van der Waals surface area contributed by atoms with Crippen molar-refractivity contribution >= 4 is 27.6 Å². The van der Waals surface area contributed by atoms with Crippen LogP contribution < -0.4 is 5.73 Å². The number of hydrogen-bond donors (Lipinski definition) is 2. The Morgan fingerprint density at radius 2 is 2.23 bits per heavy atom. The summed E-state index contributed by atoms with van der Waals surface area (Å²) in [7, 11) is 0. The van der Waals surface area contributed by atoms with Crippen LogP contribution in [0.2, 0.25) is 0 Å². The minimum atomic E-state index is -1.36. The molecule has 0 fully saturated rings. The molecule has 1 rings (SSSR count). The number of benzene rings is 1. The summed E-state index contributed by atoms with van der Waals surface area (Å²) in [5, 5.41) is 8.65. The molecule has 0 aliphatic rings. The van der Waals surface area contributed by atoms with Crippen molar-refractivity contribution in [3.8, 4) is 0 Å². The van der Waals surface area contributed by atoms with Crippen molar-refractivity contribution in [3.63, 3.8) is 0 Å². The Balaban J connectivity index is 3.56. The van der Waals surface area contributed by atoms with Gasteiger partial charge in [0.15, 0.2) is 0 Å². The quantitative estimate of drug-likeness (QED) is 0.748. The third kappa shape index (κ3) is 1.65. The van der Waals surface area contributed by atoms with Gasteiger partial charge in [-0.25, -0.2) is 9.18 Å². The number of hydrogen-bond acceptors (Lipinski definition) is 2. The van der Waals surface area contributed by atoms with E-state index in [9.17, 15) is 9.18 Å². The van der Waals surface area contributed by atoms with Gasteiger partial charge in [-0.05, 0) is 34.5 Å². The molecule has 3 N–H and O–H groups in total. The van der Waals surface area contributed by atoms with E-state index < -0.39 is 17.3 Å². The van der Waals surface area contributed by atoms with Crippen molar-refractivity contribution in [2.24, 2.45) is 0 Å². The fraction of sp³-hybridized carbons (Fsp3) is 0.125. The summed E-state index contributed by atoms with van der Waals surface area (Å²) >= 11 is 3.04. The highest BCUT2D eigenvalue weighted by Gasteiger charge is 2.18. The van der Waals surface area contributed by atoms with Gasteiger partial charge in [-0.1, -0.05) is 0 Å². The van der Waals surface area contributed by atoms with Crippen molar-refractivity contribution < 1.29 is 14.3 Å². The highest BCUT2D eigenvalue weighted by Crippen LogP contribution is 2.28. The molecule has 0 saturated heterocycles. The molecule has 0 amide bonds. The predicted octanol–water partition coefficient (Wildman–Crippen LogP) is 2.18. The fourth-order valence-electron chi connectivity index (χ4n) is 0.975. The smallest absolute Gasteiger partial charge is 0.340 e. The zero-order valence-corrected chi connectivity index (χ0v) is 8.35. The van der Waals surface area contributed by atoms with Crippen LogP contribution in [0.25, 0.3) is 0 Å². The van der Waals surface area contributed by atoms with Crippen LogP contribution >= 0.6 is 15.9 Å². The van der Waals surface area contributed by atoms with Gasteiger partial charge in [0.1, 0.15) is 11.4 Å². The summed E-state index contributed by atoms with van der Waals surface area (Å²) in [4.78, 5) is 10.6. The summed E-state index contributed by atoms with van der Waals surface area (Å²) < 4.78 is 13.6. The Kier molecular flexibility index (Phi) is 2.56. The fourth-order valence-corrected chi connectivity index (χ4v) is 1.52. The van der Waals surface area contributed by atoms with E-state index in [1.54, 1.807) is 0 Å². The van der Waals surface area contributed by atoms with Crippen LogP contribution in [0.15, 0.2) is 10.5 Å². The number of nitrogens with two attached hydrogens (primary N) is 1. The number of nitrogen functional groups attached to an aromatic ring is 1. The van der Waals surface area contributed by atoms with Crippen molar-refractivity contribution in [2.45, 2.75) is 6.92 Å². The minimum absolute atomic E-state index is 0.0874. The van der Waals surface area contributed by atoms with Crippen LogP contribution in [0.1, 0.15) is 15.9 Å². The second kappa shape index (κ2) is 3.33. The Labute approximate surface area is 82.5 Å². The van der Waals surface area contributed by atoms with Crippen molar-refractivity contribution in [1.82, 2.24) is 0 Å². The number of halogens is 2. The maximum Gasteiger partial charge on any atom is 0.340 e. The van der Waals surface area contributed by atoms with Crippen molar-refractivity contribution in [2.75, 3.05) is 5.73 Å². The first-order valence-electron chi connectivity index (χ1n) is 3.42. The van der Waals surface area contributed by atoms with Gasteiger partial charge in [0.25, 0.3) is 0 Å². The standard InChI is InChI=1S/C8H7BrFNO2/c1-3-2-4(9)7(11)5(6(3)10)8(12)13/h2H,11H2,1H3,(H,12,13). The molecule has 0 aliphatic heterocycles. The lowest BCUT2D eigenvalue weighted by molar-refractivity contribution is 0.0693. The molecule has 0 radical (unpaired) electrons. The van der Waals surface area contributed by atoms with Gasteiger partial charge >= 0.3 is 5.97 Å². The Bertz CT molecular complexity index is 353. The second-order valence-electron chi connectivity index (χ2n) is 2.58. The first-order valence-corrected chi connectivity index (χ1v) is 4.21. The number of rotatable bonds is 1. The van der Waals surface area contributed by atoms with E-state index in [4.69, 9.17) is 10.8 Å². The van der Waals surface area contributed by atoms with Crippen LogP contribution in [0.5, 0.6) is 0 Å². The zero-order valence-electron chi connectivity index (χ0n) is 6.77. The lowest BCUT2D eigenvalue weighted by Crippen LogP contribution is -2.07. The van der Waals surface area contributed by atoms with Gasteiger partial charge in [-0.3, -0.25) is 0 Å². The summed E-state index contributed by atoms with van der Waals surface area (Å²) in [5.41, 5.74) is 5.07. The highest BCUT2D eigenvalue weighted by atomic mass is 79.9. The maximum atomic E-state index is 13.2. The number of carboxylic acid groups (broad SMARTS) is 1. The van der Waals surface area contributed by atoms with Gasteiger partial charge in [0.2, 0.25) is 0 Å². The van der Waals surface area contributed by atoms with Crippen LogP contribution in [0, 0.1) is 12.7 Å². The molecule has 70 valence electrons. The van der Waals surface area contributed by atoms with E-state index in [1.807, 2.05) is 0 Å². The summed E-state index contributed by atoms with van der Waals surface area (Å²) in [6, 6.07) is 1.44. The Morgan fingerprint density at radius 3 is 2.69 bits per heavy atom. The molecule has 0 atom stereocenters. The molecule has 5 heteroatoms. The largest absolute Gasteiger partial charge is 0.478 e. The third-order valence-electron chi connectivity index (χ3n) is 1.65. The normalized spacial score (nSPS) is 10.1. The van der Waals surface area contributed by atoms with Gasteiger partial charge in [-0.2, -0.15) is 0 Å². The molecule has 0 bridgehead atoms. The predicted molar refractivity (Wildman–Crippen MR) is 50.2 cm³/mol. The highest BCUT2D eigenvalue weighted by molar-refractivity contribution is 9.10. The first kappa shape index (κ1) is 9.98. The van der Waals surface area contributed by atoms with Crippen molar-refractivity contribution in [1.29, 1.82) is 0 Å². The molecule has 3 nitrogen and oxygen atoms in total. The van der Waals surface area contributed by atoms with Crippen LogP contribution in [-0.2, 0) is 0 Å². The number of carbonyl (C=O) groups is 1. The number of carboxylic acids is 1. The van der Waals surface area contributed by atoms with Gasteiger partial charge in [0.05, 0.1) is 5.69 Å². The lowest BCUT2D eigenvalue weighted by Gasteiger charge is -2.06. The van der Waals surface area contributed by atoms with E-state index in [2.05, 4.69) is 15.9 Å². The molecule has 13 heavy (non-hydrogen) atoms. The van der Waals surface area contributed by atoms with Crippen molar-refractivity contribution in [3.05, 3.63) is 27.5 Å². The maximum absolute atomic E-state index is 13.2. The average molecular weight is 248 g/mol. The SMILES string of the molecule is Cc1cc(Br)c(N)c(C(=O)O)c1F. The van der Waals surface area contributed by atoms with Gasteiger partial charge < -0.3 is 10.8 Å². The summed E-state index contributed by atoms with van der Waals surface area (Å²) in [5.74, 6) is -2.15. The number of aryl methyl sites for hydroxylation is 1. The minimum Gasteiger partial charge on any atom is -0.478 e. The molecule has 0 saturated carbocycles. The van der Waals surface area contributed by atoms with E-state index in [0.717, 1.165) is 0 Å². The third-order valence-corrected chi connectivity index (χ3v) is 2.31. The van der Waals surface area contributed by atoms with Crippen LogP contribution in [-0.4, -0.2) is 11.1 Å². The Hall–Kier alpha value is -1.10. The summed E-state index contributed by atoms with van der Waals surface area (Å²) in [6.45, 7) is 1.48. The Morgan fingerprint density at radius 1 is 1.69 bits per heavy atom. The van der Waals surface area contributed by atoms with E-state index in [1.165, 1.54) is 13.0 Å². The zero-order chi connectivity index (χ0) is 10.2. The molecular weight excluding hydrogens is 241 g/mol. The van der Waals surface area contributed by atoms with E-state index >= 15 is 0 Å². The van der Waals surface area contributed by atoms with Gasteiger partial charge in [-0.15, -0.1) is 0 Å². The molecular formula is C8H7BrFNO2. The van der Waals surface area contributed by atoms with Gasteiger partial charge in [0, 0.05) is 4.47 Å². The number of aromatic carboxylic acids is 1. The molecule has 0 aliphatic carbocycles. The van der Waals surface area contributed by atoms with Crippen LogP contribution in [0.4, 0.5) is 10.1 Å². The lowest BCUT2D eigenvalue weighted by atomic mass is 10.1. The molecule has 1 aromatic carbocycles. The topological polar surface area (TPSA) is 63.3 Å². The molecule has 0 heterocycles. The average Bonchev–Trinajstić information content (AvgIpc) is 2.01. The second-order valence-corrected chi connectivity index (χ2v) is 3.44.